The van der Waals surface area contributed by atoms with E-state index < -0.39 is 65.4 Å². The number of carboxylic acids is 3. The number of carboxylic acid groups (broad SMARTS) is 3. The van der Waals surface area contributed by atoms with E-state index in [1.54, 1.807) is 20.8 Å². The molecular formula is C89H112FN17O13. The van der Waals surface area contributed by atoms with Gasteiger partial charge in [-0.05, 0) is 196 Å². The van der Waals surface area contributed by atoms with Crippen molar-refractivity contribution in [1.29, 1.82) is 0 Å². The van der Waals surface area contributed by atoms with Crippen LogP contribution in [0.5, 0.6) is 11.6 Å². The Morgan fingerprint density at radius 3 is 1.10 bits per heavy atom. The molecule has 4 aliphatic rings. The number of nitrogens with one attached hydrogen (secondary N) is 2. The zero-order chi connectivity index (χ0) is 85.4. The van der Waals surface area contributed by atoms with Crippen molar-refractivity contribution >= 4 is 99.2 Å². The van der Waals surface area contributed by atoms with Crippen LogP contribution in [0.15, 0.2) is 116 Å². The van der Waals surface area contributed by atoms with Crippen LogP contribution in [0, 0.1) is 5.82 Å². The third-order valence-corrected chi connectivity index (χ3v) is 21.3. The van der Waals surface area contributed by atoms with Crippen molar-refractivity contribution in [1.82, 2.24) is 58.6 Å². The third kappa shape index (κ3) is 24.0. The minimum Gasteiger partial charge on any atom is -0.480 e. The molecule has 0 bridgehead atoms. The van der Waals surface area contributed by atoms with E-state index in [0.717, 1.165) is 48.8 Å². The predicted octanol–water partition coefficient (Wildman–Crippen LogP) is 18.8. The van der Waals surface area contributed by atoms with Crippen LogP contribution in [0.25, 0.3) is 33.5 Å². The van der Waals surface area contributed by atoms with Gasteiger partial charge in [0, 0.05) is 12.6 Å². The van der Waals surface area contributed by atoms with E-state index in [2.05, 4.69) is 99.0 Å². The molecule has 6 aromatic heterocycles. The van der Waals surface area contributed by atoms with Gasteiger partial charge in [-0.1, -0.05) is 150 Å². The second kappa shape index (κ2) is 39.3. The maximum absolute atomic E-state index is 13.6. The number of aromatic nitrogens is 12. The highest BCUT2D eigenvalue weighted by molar-refractivity contribution is 5.92. The number of carbonyl (C=O) groups excluding carboxylic acids is 3. The van der Waals surface area contributed by atoms with Crippen molar-refractivity contribution in [3.63, 3.8) is 0 Å². The summed E-state index contributed by atoms with van der Waals surface area (Å²) in [5.41, 5.74) is 6.35. The number of halogens is 1. The number of aliphatic carboxylic acids is 3. The molecule has 638 valence electrons. The van der Waals surface area contributed by atoms with E-state index in [4.69, 9.17) is 23.9 Å². The summed E-state index contributed by atoms with van der Waals surface area (Å²) in [6, 6.07) is 30.6. The topological polar surface area (TPSA) is 365 Å². The van der Waals surface area contributed by atoms with E-state index >= 15 is 0 Å². The second-order valence-electron chi connectivity index (χ2n) is 34.4. The first-order chi connectivity index (χ1) is 57.4. The highest BCUT2D eigenvalue weighted by atomic mass is 19.1. The fourth-order valence-corrected chi connectivity index (χ4v) is 15.5. The summed E-state index contributed by atoms with van der Waals surface area (Å²) in [5.74, 6) is -0.440. The van der Waals surface area contributed by atoms with Crippen molar-refractivity contribution in [2.24, 2.45) is 0 Å². The Morgan fingerprint density at radius 2 is 0.750 bits per heavy atom. The minimum atomic E-state index is -1.10. The fourth-order valence-electron chi connectivity index (χ4n) is 15.5. The molecule has 0 aliphatic heterocycles. The van der Waals surface area contributed by atoms with Crippen LogP contribution >= 0.6 is 0 Å². The highest BCUT2D eigenvalue weighted by Gasteiger charge is 2.34. The smallest absolute Gasteiger partial charge is 0.417 e. The number of amides is 3. The molecule has 0 spiro atoms. The normalized spacial score (nSPS) is 15.1. The molecule has 4 saturated carbocycles. The Bertz CT molecular complexity index is 5170. The first kappa shape index (κ1) is 87.4. The molecule has 10 aromatic rings. The van der Waals surface area contributed by atoms with Gasteiger partial charge in [-0.3, -0.25) is 14.4 Å². The van der Waals surface area contributed by atoms with Crippen LogP contribution < -0.4 is 30.1 Å². The van der Waals surface area contributed by atoms with E-state index in [1.807, 2.05) is 72.7 Å². The molecule has 0 saturated heterocycles. The minimum absolute atomic E-state index is 0.0213. The molecule has 31 heteroatoms. The summed E-state index contributed by atoms with van der Waals surface area (Å²) in [6.07, 6.45) is 26.2. The van der Waals surface area contributed by atoms with E-state index in [9.17, 15) is 48.5 Å². The lowest BCUT2D eigenvalue weighted by Crippen LogP contribution is -2.37. The summed E-state index contributed by atoms with van der Waals surface area (Å²) in [6.45, 7) is 18.3. The molecular weight excluding hydrogens is 1530 g/mol. The largest absolute Gasteiger partial charge is 0.480 e. The number of hydrogen-bond acceptors (Lipinski definition) is 21. The van der Waals surface area contributed by atoms with Crippen LogP contribution in [-0.4, -0.2) is 139 Å². The lowest BCUT2D eigenvalue weighted by atomic mass is 9.84. The maximum Gasteiger partial charge on any atom is 0.417 e. The van der Waals surface area contributed by atoms with Crippen molar-refractivity contribution in [2.75, 3.05) is 31.9 Å². The van der Waals surface area contributed by atoms with Gasteiger partial charge in [0.05, 0.1) is 38.6 Å². The van der Waals surface area contributed by atoms with Gasteiger partial charge >= 0.3 is 36.2 Å². The number of carbonyl (C=O) groups is 6. The molecule has 4 fully saturated rings. The summed E-state index contributed by atoms with van der Waals surface area (Å²) in [4.78, 5) is 120. The third-order valence-electron chi connectivity index (χ3n) is 21.3. The Hall–Kier alpha value is -11.9. The van der Waals surface area contributed by atoms with Gasteiger partial charge in [-0.15, -0.1) is 0 Å². The lowest BCUT2D eigenvalue weighted by Gasteiger charge is -2.27. The van der Waals surface area contributed by atoms with Crippen LogP contribution in [0.3, 0.4) is 0 Å². The van der Waals surface area contributed by atoms with Gasteiger partial charge in [0.2, 0.25) is 17.8 Å². The van der Waals surface area contributed by atoms with Gasteiger partial charge in [-0.25, -0.2) is 48.4 Å². The summed E-state index contributed by atoms with van der Waals surface area (Å²) in [5, 5.41) is 35.0. The van der Waals surface area contributed by atoms with Crippen LogP contribution in [-0.2, 0) is 67.9 Å². The van der Waals surface area contributed by atoms with Crippen LogP contribution in [0.2, 0.25) is 0 Å². The van der Waals surface area contributed by atoms with E-state index in [0.29, 0.717) is 58.3 Å². The van der Waals surface area contributed by atoms with Gasteiger partial charge < -0.3 is 58.6 Å². The Kier molecular flexibility index (Phi) is 28.6. The number of benzene rings is 4. The zero-order valence-corrected chi connectivity index (χ0v) is 70.4. The van der Waals surface area contributed by atoms with E-state index in [-0.39, 0.29) is 79.4 Å². The van der Waals surface area contributed by atoms with Crippen LogP contribution in [0.4, 0.5) is 48.3 Å². The first-order valence-corrected chi connectivity index (χ1v) is 41.9. The Balaban J connectivity index is 0.000000165. The quantitative estimate of drug-likeness (QED) is 0.0332. The molecule has 14 rings (SSSR count). The molecule has 5 N–H and O–H groups in total. The van der Waals surface area contributed by atoms with Gasteiger partial charge in [0.15, 0.2) is 45.1 Å². The second-order valence-corrected chi connectivity index (χ2v) is 34.4. The average molecular weight is 1650 g/mol. The van der Waals surface area contributed by atoms with Gasteiger partial charge in [-0.2, -0.15) is 29.9 Å². The molecule has 120 heavy (non-hydrogen) atoms. The maximum atomic E-state index is 13.6. The van der Waals surface area contributed by atoms with Crippen LogP contribution in [0.1, 0.15) is 249 Å². The molecule has 0 unspecified atom stereocenters. The summed E-state index contributed by atoms with van der Waals surface area (Å²) < 4.78 is 40.9. The SMILES string of the molecule is CC(C)(C)OC(=O)N(Cc1ccc(C2CCCCC2)cc1)c1nc(NC2CCCC2)c2ncn(CC(=O)O)c2n1.CC(C)(C)OC(=O)N(Cc1ccc(C2CCCCC2)cc1)c1nc(Oc2ccc(F)cc2)c2ncn(CC(=O)O)c2n1.CCCNc1nc(N(Cc2ccc(C3CCCCC3)cc2)C(=O)OC(C)(C)C)nc2c1ncn2CC(=O)O. The number of fused-ring (bicyclic) bond motifs is 3. The summed E-state index contributed by atoms with van der Waals surface area (Å²) >= 11 is 0. The van der Waals surface area contributed by atoms with Crippen molar-refractivity contribution < 1.29 is 67.4 Å². The van der Waals surface area contributed by atoms with Gasteiger partial charge in [0.25, 0.3) is 5.88 Å². The van der Waals surface area contributed by atoms with Crippen molar-refractivity contribution in [3.8, 4) is 11.6 Å². The molecule has 6 heterocycles. The molecule has 0 atom stereocenters. The average Bonchev–Trinajstić information content (AvgIpc) is 1.54. The first-order valence-electron chi connectivity index (χ1n) is 41.9. The standard InChI is InChI=1S/C31H34FN5O5.C30H40N6O4.C28H38N6O4/c1-31(2,3)42-30(40)37(17-20-9-11-22(12-10-20)21-7-5-4-6-8-21)29-34-27-26(33-19-36(27)18-25(38)39)28(35-29)41-24-15-13-23(32)14-16-24;1-30(2,3)40-29(39)36(17-20-13-15-22(16-14-20)21-9-5-4-6-10-21)28-33-26(32-23-11-7-8-12-23)25-27(34-28)35(19-31-25)18-24(37)38;1-5-15-29-24-23-25(33(18-30-23)17-22(35)36)32-26(31-24)34(27(37)38-28(2,3)4)16-19-11-13-21(14-12-19)20-9-7-6-8-10-20/h9-16,19,21H,4-8,17-18H2,1-3H3,(H,38,39);13-16,19,21,23H,4-12,17-18H2,1-3H3,(H,37,38)(H,32,33,34);11-14,18,20H,5-10,15-17H2,1-4H3,(H,35,36)(H,29,31,32). The zero-order valence-electron chi connectivity index (χ0n) is 70.4. The van der Waals surface area contributed by atoms with E-state index in [1.165, 1.54) is 185 Å². The molecule has 30 nitrogen and oxygen atoms in total. The fraction of sp³-hybridized carbons (Fsp3) is 0.494. The molecule has 4 aromatic carbocycles. The number of nitrogens with zero attached hydrogens (tertiary/aromatic N) is 15. The number of hydrogen-bond donors (Lipinski definition) is 5. The number of anilines is 5. The highest BCUT2D eigenvalue weighted by Crippen LogP contribution is 2.39. The number of rotatable bonds is 25. The predicted molar refractivity (Wildman–Crippen MR) is 454 cm³/mol. The molecule has 4 aliphatic carbocycles. The Labute approximate surface area is 698 Å². The monoisotopic (exact) mass is 1650 g/mol. The Morgan fingerprint density at radius 1 is 0.425 bits per heavy atom. The number of ether oxygens (including phenoxy) is 4. The van der Waals surface area contributed by atoms with Gasteiger partial charge in [0.1, 0.15) is 48.0 Å². The van der Waals surface area contributed by atoms with Crippen molar-refractivity contribution in [3.05, 3.63) is 155 Å². The number of imidazole rings is 3. The lowest BCUT2D eigenvalue weighted by molar-refractivity contribution is -0.138. The summed E-state index contributed by atoms with van der Waals surface area (Å²) in [7, 11) is 0. The van der Waals surface area contributed by atoms with Crippen molar-refractivity contribution in [2.45, 2.75) is 278 Å². The molecule has 0 radical (unpaired) electrons. The molecule has 3 amide bonds.